The highest BCUT2D eigenvalue weighted by Gasteiger charge is 2.00. The highest BCUT2D eigenvalue weighted by atomic mass is 32.1. The second kappa shape index (κ2) is 4.56. The lowest BCUT2D eigenvalue weighted by molar-refractivity contribution is -0.117. The number of Topliss-reactive ketones (excluding diaryl/α,β-unsaturated/α-hetero) is 1. The predicted octanol–water partition coefficient (Wildman–Crippen LogP) is 0.853. The van der Waals surface area contributed by atoms with Crippen molar-refractivity contribution >= 4 is 24.7 Å². The van der Waals surface area contributed by atoms with Gasteiger partial charge in [0.25, 0.3) is 0 Å². The van der Waals surface area contributed by atoms with Gasteiger partial charge < -0.3 is 9.59 Å². The summed E-state index contributed by atoms with van der Waals surface area (Å²) in [7, 11) is 0. The lowest BCUT2D eigenvalue weighted by Gasteiger charge is -1.96. The number of rotatable bonds is 4. The molecule has 0 spiro atoms. The topological polar surface area (TPSA) is 34.1 Å². The van der Waals surface area contributed by atoms with Gasteiger partial charge in [-0.1, -0.05) is 0 Å². The Kier molecular flexibility index (Phi) is 4.40. The lowest BCUT2D eigenvalue weighted by Crippen LogP contribution is -2.02. The van der Waals surface area contributed by atoms with Gasteiger partial charge in [0, 0.05) is 6.42 Å². The molecule has 1 atom stereocenters. The average Bonchev–Trinajstić information content (AvgIpc) is 1.83. The van der Waals surface area contributed by atoms with Gasteiger partial charge in [0.1, 0.15) is 12.1 Å². The van der Waals surface area contributed by atoms with Crippen LogP contribution in [0.3, 0.4) is 0 Å². The first kappa shape index (κ1) is 8.69. The lowest BCUT2D eigenvalue weighted by atomic mass is 10.2. The summed E-state index contributed by atoms with van der Waals surface area (Å²) in [4.78, 5) is 20.2. The Morgan fingerprint density at radius 1 is 1.78 bits per heavy atom. The van der Waals surface area contributed by atoms with Gasteiger partial charge in [0.15, 0.2) is 0 Å². The van der Waals surface area contributed by atoms with Crippen LogP contribution in [0.2, 0.25) is 0 Å². The van der Waals surface area contributed by atoms with Crippen LogP contribution in [-0.2, 0) is 9.59 Å². The van der Waals surface area contributed by atoms with Crippen molar-refractivity contribution in [2.24, 2.45) is 0 Å². The van der Waals surface area contributed by atoms with Crippen molar-refractivity contribution in [3.05, 3.63) is 0 Å². The van der Waals surface area contributed by atoms with Gasteiger partial charge in [-0.3, -0.25) is 0 Å². The van der Waals surface area contributed by atoms with Gasteiger partial charge in [-0.25, -0.2) is 0 Å². The molecule has 0 fully saturated rings. The monoisotopic (exact) mass is 146 g/mol. The Bertz CT molecular complexity index is 112. The smallest absolute Gasteiger partial charge is 0.132 e. The average molecular weight is 146 g/mol. The van der Waals surface area contributed by atoms with E-state index in [2.05, 4.69) is 12.6 Å². The summed E-state index contributed by atoms with van der Waals surface area (Å²) in [5.41, 5.74) is 0. The highest BCUT2D eigenvalue weighted by molar-refractivity contribution is 7.81. The third-order valence-corrected chi connectivity index (χ3v) is 1.33. The normalized spacial score (nSPS) is 12.7. The van der Waals surface area contributed by atoms with E-state index in [-0.39, 0.29) is 11.0 Å². The number of thiol groups is 1. The first-order valence-electron chi connectivity index (χ1n) is 2.79. The van der Waals surface area contributed by atoms with Gasteiger partial charge in [-0.15, -0.1) is 0 Å². The van der Waals surface area contributed by atoms with Crippen molar-refractivity contribution in [3.8, 4) is 0 Å². The van der Waals surface area contributed by atoms with E-state index in [4.69, 9.17) is 0 Å². The van der Waals surface area contributed by atoms with E-state index in [0.717, 1.165) is 6.29 Å². The van der Waals surface area contributed by atoms with Crippen LogP contribution in [0.5, 0.6) is 0 Å². The van der Waals surface area contributed by atoms with Crippen LogP contribution >= 0.6 is 12.6 Å². The van der Waals surface area contributed by atoms with Crippen LogP contribution in [0, 0.1) is 0 Å². The number of carbonyl (C=O) groups excluding carboxylic acids is 2. The first-order chi connectivity index (χ1) is 4.16. The molecular formula is C6H10O2S. The number of ketones is 1. The minimum atomic E-state index is -0.270. The molecule has 0 aliphatic rings. The molecule has 0 amide bonds. The Morgan fingerprint density at radius 2 is 2.33 bits per heavy atom. The molecule has 3 heteroatoms. The van der Waals surface area contributed by atoms with Crippen molar-refractivity contribution in [1.29, 1.82) is 0 Å². The molecular weight excluding hydrogens is 136 g/mol. The Hall–Kier alpha value is -0.310. The van der Waals surface area contributed by atoms with Crippen molar-refractivity contribution in [1.82, 2.24) is 0 Å². The predicted molar refractivity (Wildman–Crippen MR) is 38.8 cm³/mol. The summed E-state index contributed by atoms with van der Waals surface area (Å²) < 4.78 is 0. The molecule has 0 aromatic heterocycles. The second-order valence-electron chi connectivity index (χ2n) is 1.94. The SMILES string of the molecule is CC(=O)CCC(S)C=O. The largest absolute Gasteiger partial charge is 0.302 e. The molecule has 0 aliphatic carbocycles. The zero-order valence-corrected chi connectivity index (χ0v) is 6.23. The molecule has 0 aromatic carbocycles. The molecule has 0 saturated heterocycles. The molecule has 2 nitrogen and oxygen atoms in total. The van der Waals surface area contributed by atoms with Crippen LogP contribution in [0.4, 0.5) is 0 Å². The van der Waals surface area contributed by atoms with E-state index in [1.54, 1.807) is 0 Å². The zero-order valence-electron chi connectivity index (χ0n) is 5.33. The molecule has 0 aliphatic heterocycles. The van der Waals surface area contributed by atoms with Gasteiger partial charge in [0.2, 0.25) is 0 Å². The van der Waals surface area contributed by atoms with Crippen molar-refractivity contribution in [3.63, 3.8) is 0 Å². The Labute approximate surface area is 60.0 Å². The molecule has 0 aromatic rings. The second-order valence-corrected chi connectivity index (χ2v) is 2.61. The molecule has 0 N–H and O–H groups in total. The standard InChI is InChI=1S/C6H10O2S/c1-5(8)2-3-6(9)4-7/h4,6,9H,2-3H2,1H3. The fourth-order valence-corrected chi connectivity index (χ4v) is 0.548. The Morgan fingerprint density at radius 3 is 2.67 bits per heavy atom. The van der Waals surface area contributed by atoms with E-state index in [9.17, 15) is 9.59 Å². The maximum Gasteiger partial charge on any atom is 0.132 e. The summed E-state index contributed by atoms with van der Waals surface area (Å²) in [5, 5.41) is -0.270. The first-order valence-corrected chi connectivity index (χ1v) is 3.31. The summed E-state index contributed by atoms with van der Waals surface area (Å²) in [6.45, 7) is 1.51. The molecule has 1 unspecified atom stereocenters. The fraction of sp³-hybridized carbons (Fsp3) is 0.667. The van der Waals surface area contributed by atoms with Crippen LogP contribution in [0.15, 0.2) is 0 Å². The van der Waals surface area contributed by atoms with Crippen LogP contribution in [-0.4, -0.2) is 17.3 Å². The van der Waals surface area contributed by atoms with E-state index in [1.807, 2.05) is 0 Å². The van der Waals surface area contributed by atoms with E-state index in [1.165, 1.54) is 6.92 Å². The summed E-state index contributed by atoms with van der Waals surface area (Å²) in [6, 6.07) is 0. The molecule has 0 radical (unpaired) electrons. The molecule has 9 heavy (non-hydrogen) atoms. The van der Waals surface area contributed by atoms with Crippen LogP contribution in [0.1, 0.15) is 19.8 Å². The molecule has 52 valence electrons. The van der Waals surface area contributed by atoms with Gasteiger partial charge in [0.05, 0.1) is 5.25 Å². The number of carbonyl (C=O) groups is 2. The summed E-state index contributed by atoms with van der Waals surface area (Å²) in [6.07, 6.45) is 1.75. The highest BCUT2D eigenvalue weighted by Crippen LogP contribution is 2.01. The van der Waals surface area contributed by atoms with E-state index >= 15 is 0 Å². The van der Waals surface area contributed by atoms with Crippen LogP contribution in [0.25, 0.3) is 0 Å². The van der Waals surface area contributed by atoms with Crippen LogP contribution < -0.4 is 0 Å². The fourth-order valence-electron chi connectivity index (χ4n) is 0.419. The third-order valence-electron chi connectivity index (χ3n) is 0.949. The maximum atomic E-state index is 10.3. The number of hydrogen-bond acceptors (Lipinski definition) is 3. The van der Waals surface area contributed by atoms with Gasteiger partial charge in [-0.05, 0) is 13.3 Å². The third kappa shape index (κ3) is 5.56. The van der Waals surface area contributed by atoms with Gasteiger partial charge >= 0.3 is 0 Å². The Balaban J connectivity index is 3.26. The number of hydrogen-bond donors (Lipinski definition) is 1. The molecule has 0 rings (SSSR count). The maximum absolute atomic E-state index is 10.3. The van der Waals surface area contributed by atoms with Crippen molar-refractivity contribution in [2.45, 2.75) is 25.0 Å². The minimum Gasteiger partial charge on any atom is -0.302 e. The van der Waals surface area contributed by atoms with Crippen molar-refractivity contribution in [2.75, 3.05) is 0 Å². The minimum absolute atomic E-state index is 0.107. The van der Waals surface area contributed by atoms with Crippen molar-refractivity contribution < 1.29 is 9.59 Å². The molecule has 0 heterocycles. The van der Waals surface area contributed by atoms with Gasteiger partial charge in [-0.2, -0.15) is 12.6 Å². The zero-order chi connectivity index (χ0) is 7.28. The molecule has 0 saturated carbocycles. The quantitative estimate of drug-likeness (QED) is 0.471. The summed E-state index contributed by atoms with van der Waals surface area (Å²) in [5.74, 6) is 0.107. The summed E-state index contributed by atoms with van der Waals surface area (Å²) >= 11 is 3.88. The van der Waals surface area contributed by atoms with E-state index in [0.29, 0.717) is 12.8 Å². The molecule has 0 bridgehead atoms. The van der Waals surface area contributed by atoms with E-state index < -0.39 is 0 Å². The number of aldehydes is 1.